The van der Waals surface area contributed by atoms with Crippen molar-refractivity contribution in [3.8, 4) is 5.69 Å². The summed E-state index contributed by atoms with van der Waals surface area (Å²) < 4.78 is 29.7. The summed E-state index contributed by atoms with van der Waals surface area (Å²) in [6, 6.07) is 18.0. The highest BCUT2D eigenvalue weighted by Gasteiger charge is 2.30. The van der Waals surface area contributed by atoms with Crippen molar-refractivity contribution in [3.05, 3.63) is 94.0 Å². The van der Waals surface area contributed by atoms with Gasteiger partial charge in [-0.2, -0.15) is 0 Å². The molecule has 3 aromatic carbocycles. The van der Waals surface area contributed by atoms with Gasteiger partial charge in [-0.15, -0.1) is 0 Å². The first-order chi connectivity index (χ1) is 15.6. The van der Waals surface area contributed by atoms with Crippen molar-refractivity contribution in [3.63, 3.8) is 0 Å². The van der Waals surface area contributed by atoms with Crippen molar-refractivity contribution in [1.29, 1.82) is 0 Å². The fourth-order valence-corrected chi connectivity index (χ4v) is 5.00. The molecule has 0 atom stereocenters. The van der Waals surface area contributed by atoms with Crippen LogP contribution in [0.2, 0.25) is 0 Å². The summed E-state index contributed by atoms with van der Waals surface area (Å²) in [4.78, 5) is 30.4. The maximum atomic E-state index is 13.2. The average Bonchev–Trinajstić information content (AvgIpc) is 3.06. The third-order valence-corrected chi connectivity index (χ3v) is 7.14. The lowest BCUT2D eigenvalue weighted by molar-refractivity contribution is 0.103. The van der Waals surface area contributed by atoms with Crippen LogP contribution in [0.4, 0.5) is 5.69 Å². The van der Waals surface area contributed by atoms with E-state index in [0.717, 1.165) is 5.56 Å². The zero-order chi connectivity index (χ0) is 23.5. The summed E-state index contributed by atoms with van der Waals surface area (Å²) in [6.45, 7) is 6.16. The number of benzene rings is 3. The van der Waals surface area contributed by atoms with Gasteiger partial charge in [-0.1, -0.05) is 45.0 Å². The van der Waals surface area contributed by atoms with Crippen molar-refractivity contribution in [2.75, 3.05) is 4.72 Å². The highest BCUT2D eigenvalue weighted by Crippen LogP contribution is 2.28. The topological polar surface area (TPSA) is 98.1 Å². The summed E-state index contributed by atoms with van der Waals surface area (Å²) in [5.41, 5.74) is 1.95. The number of hydrogen-bond acceptors (Lipinski definition) is 5. The summed E-state index contributed by atoms with van der Waals surface area (Å²) in [5.74, 6) is -0.256. The summed E-state index contributed by atoms with van der Waals surface area (Å²) >= 11 is 0. The van der Waals surface area contributed by atoms with Crippen LogP contribution < -0.4 is 10.3 Å². The van der Waals surface area contributed by atoms with Crippen LogP contribution in [0.1, 0.15) is 42.5 Å². The molecule has 8 heteroatoms. The molecule has 0 fully saturated rings. The van der Waals surface area contributed by atoms with Gasteiger partial charge in [0.25, 0.3) is 15.6 Å². The predicted octanol–water partition coefficient (Wildman–Crippen LogP) is 4.03. The Hall–Kier alpha value is -3.78. The summed E-state index contributed by atoms with van der Waals surface area (Å²) in [5, 5.41) is 0.214. The van der Waals surface area contributed by atoms with Gasteiger partial charge in [-0.3, -0.25) is 18.9 Å². The first-order valence-electron chi connectivity index (χ1n) is 10.4. The molecule has 33 heavy (non-hydrogen) atoms. The van der Waals surface area contributed by atoms with E-state index in [1.54, 1.807) is 48.5 Å². The van der Waals surface area contributed by atoms with Gasteiger partial charge in [0.15, 0.2) is 5.82 Å². The highest BCUT2D eigenvalue weighted by atomic mass is 32.2. The van der Waals surface area contributed by atoms with Crippen LogP contribution in [0.5, 0.6) is 0 Å². The Balaban J connectivity index is 1.55. The zero-order valence-corrected chi connectivity index (χ0v) is 19.1. The molecule has 7 nitrogen and oxygen atoms in total. The van der Waals surface area contributed by atoms with Gasteiger partial charge in [0.05, 0.1) is 27.0 Å². The van der Waals surface area contributed by atoms with Gasteiger partial charge in [-0.05, 0) is 53.4 Å². The predicted molar refractivity (Wildman–Crippen MR) is 127 cm³/mol. The maximum absolute atomic E-state index is 13.2. The second-order valence-corrected chi connectivity index (χ2v) is 10.7. The molecule has 2 heterocycles. The van der Waals surface area contributed by atoms with E-state index in [1.165, 1.54) is 22.8 Å². The molecule has 0 saturated heterocycles. The maximum Gasteiger partial charge on any atom is 0.266 e. The second kappa shape index (κ2) is 7.11. The number of fused-ring (bicyclic) bond motifs is 4. The number of carbonyl (C=O) groups excluding carboxylic acids is 1. The van der Waals surface area contributed by atoms with Crippen LogP contribution in [0.15, 0.2) is 76.4 Å². The van der Waals surface area contributed by atoms with Crippen molar-refractivity contribution < 1.29 is 13.2 Å². The number of ketones is 1. The molecule has 4 aromatic rings. The number of nitrogens with zero attached hydrogens (tertiary/aromatic N) is 2. The first-order valence-corrected chi connectivity index (χ1v) is 11.9. The van der Waals surface area contributed by atoms with Crippen LogP contribution in [0.25, 0.3) is 16.6 Å². The number of carbonyl (C=O) groups is 1. The number of para-hydroxylation sites is 1. The van der Waals surface area contributed by atoms with Gasteiger partial charge < -0.3 is 0 Å². The van der Waals surface area contributed by atoms with E-state index in [1.807, 2.05) is 0 Å². The van der Waals surface area contributed by atoms with Crippen LogP contribution in [-0.4, -0.2) is 23.8 Å². The molecule has 1 N–H and O–H groups in total. The van der Waals surface area contributed by atoms with Gasteiger partial charge >= 0.3 is 0 Å². The lowest BCUT2D eigenvalue weighted by atomic mass is 9.87. The molecule has 0 bridgehead atoms. The van der Waals surface area contributed by atoms with E-state index >= 15 is 0 Å². The Morgan fingerprint density at radius 1 is 0.909 bits per heavy atom. The minimum absolute atomic E-state index is 0.0565. The lowest BCUT2D eigenvalue weighted by Gasteiger charge is -2.19. The summed E-state index contributed by atoms with van der Waals surface area (Å²) in [7, 11) is -3.86. The van der Waals surface area contributed by atoms with Crippen LogP contribution >= 0.6 is 0 Å². The molecule has 0 saturated carbocycles. The minimum atomic E-state index is -3.86. The standard InChI is InChI=1S/C25H21N3O4S/c1-25(2,3)15-8-11-17(12-9-15)33(31,32)27-16-10-13-20-19(14-16)24(30)28-21-7-5-4-6-18(21)22(29)23(28)26-20/h4-14,27H,1-3H3. The van der Waals surface area contributed by atoms with Crippen LogP contribution in [0.3, 0.4) is 0 Å². The Labute approximate surface area is 190 Å². The smallest absolute Gasteiger partial charge is 0.266 e. The molecular formula is C25H21N3O4S. The number of sulfonamides is 1. The first kappa shape index (κ1) is 21.1. The third-order valence-electron chi connectivity index (χ3n) is 5.74. The Morgan fingerprint density at radius 3 is 2.30 bits per heavy atom. The quantitative estimate of drug-likeness (QED) is 0.439. The van der Waals surface area contributed by atoms with Gasteiger partial charge in [0.2, 0.25) is 5.78 Å². The molecule has 0 spiro atoms. The van der Waals surface area contributed by atoms with Crippen molar-refractivity contribution in [2.45, 2.75) is 31.1 Å². The Morgan fingerprint density at radius 2 is 1.61 bits per heavy atom. The molecule has 0 unspecified atom stereocenters. The molecular weight excluding hydrogens is 438 g/mol. The molecule has 0 radical (unpaired) electrons. The van der Waals surface area contributed by atoms with Crippen molar-refractivity contribution >= 4 is 32.4 Å². The minimum Gasteiger partial charge on any atom is -0.285 e. The Bertz CT molecular complexity index is 1610. The van der Waals surface area contributed by atoms with Gasteiger partial charge in [-0.25, -0.2) is 13.4 Å². The van der Waals surface area contributed by atoms with E-state index in [9.17, 15) is 18.0 Å². The van der Waals surface area contributed by atoms with Crippen molar-refractivity contribution in [2.24, 2.45) is 0 Å². The fourth-order valence-electron chi connectivity index (χ4n) is 3.95. The van der Waals surface area contributed by atoms with Crippen LogP contribution in [0, 0.1) is 0 Å². The van der Waals surface area contributed by atoms with Crippen LogP contribution in [-0.2, 0) is 15.4 Å². The largest absolute Gasteiger partial charge is 0.285 e. The van der Waals surface area contributed by atoms with Gasteiger partial charge in [0.1, 0.15) is 0 Å². The number of nitrogens with one attached hydrogen (secondary N) is 1. The number of aromatic nitrogens is 2. The van der Waals surface area contributed by atoms with E-state index in [-0.39, 0.29) is 33.0 Å². The normalized spacial score (nSPS) is 13.1. The van der Waals surface area contributed by atoms with E-state index in [2.05, 4.69) is 30.5 Å². The number of rotatable bonds is 3. The summed E-state index contributed by atoms with van der Waals surface area (Å²) in [6.07, 6.45) is 0. The second-order valence-electron chi connectivity index (χ2n) is 9.03. The molecule has 0 aliphatic carbocycles. The zero-order valence-electron chi connectivity index (χ0n) is 18.3. The Kier molecular flexibility index (Phi) is 4.54. The van der Waals surface area contributed by atoms with Crippen molar-refractivity contribution in [1.82, 2.24) is 9.55 Å². The molecule has 1 aliphatic heterocycles. The molecule has 166 valence electrons. The third kappa shape index (κ3) is 3.43. The average molecular weight is 460 g/mol. The monoisotopic (exact) mass is 459 g/mol. The lowest BCUT2D eigenvalue weighted by Crippen LogP contribution is -2.22. The van der Waals surface area contributed by atoms with E-state index in [4.69, 9.17) is 0 Å². The fraction of sp³-hybridized carbons (Fsp3) is 0.160. The molecule has 0 amide bonds. The molecule has 1 aromatic heterocycles. The molecule has 1 aliphatic rings. The molecule has 5 rings (SSSR count). The van der Waals surface area contributed by atoms with E-state index in [0.29, 0.717) is 16.8 Å². The number of hydrogen-bond donors (Lipinski definition) is 1. The van der Waals surface area contributed by atoms with Gasteiger partial charge in [0, 0.05) is 5.69 Å². The highest BCUT2D eigenvalue weighted by molar-refractivity contribution is 7.92. The van der Waals surface area contributed by atoms with E-state index < -0.39 is 15.6 Å². The SMILES string of the molecule is CC(C)(C)c1ccc(S(=O)(=O)Nc2ccc3nc4n(c(=O)c3c2)-c2ccccc2C4=O)cc1. The number of anilines is 1.